The van der Waals surface area contributed by atoms with Gasteiger partial charge in [0.2, 0.25) is 0 Å². The lowest BCUT2D eigenvalue weighted by Crippen LogP contribution is -2.12. The number of aromatic nitrogens is 7. The molecule has 8 heteroatoms. The second-order valence-electron chi connectivity index (χ2n) is 3.47. The second kappa shape index (κ2) is 3.64. The highest BCUT2D eigenvalue weighted by Gasteiger charge is 2.10. The topological polar surface area (TPSA) is 100 Å². The summed E-state index contributed by atoms with van der Waals surface area (Å²) < 4.78 is 3.33. The van der Waals surface area contributed by atoms with Crippen LogP contribution in [0.2, 0.25) is 0 Å². The van der Waals surface area contributed by atoms with Crippen LogP contribution in [0.25, 0.3) is 0 Å². The van der Waals surface area contributed by atoms with Crippen LogP contribution in [0, 0.1) is 0 Å². The van der Waals surface area contributed by atoms with E-state index in [0.717, 1.165) is 5.82 Å². The van der Waals surface area contributed by atoms with Crippen LogP contribution in [0.5, 0.6) is 0 Å². The monoisotopic (exact) mass is 208 g/mol. The highest BCUT2D eigenvalue weighted by Crippen LogP contribution is 2.05. The maximum absolute atomic E-state index is 5.45. The molecule has 0 bridgehead atoms. The highest BCUT2D eigenvalue weighted by molar-refractivity contribution is 5.19. The molecular weight excluding hydrogens is 196 g/mol. The molecule has 2 heterocycles. The van der Waals surface area contributed by atoms with Crippen molar-refractivity contribution < 1.29 is 0 Å². The van der Waals surface area contributed by atoms with Gasteiger partial charge in [0, 0.05) is 0 Å². The van der Waals surface area contributed by atoms with Crippen LogP contribution >= 0.6 is 0 Å². The normalized spacial score (nSPS) is 11.1. The van der Waals surface area contributed by atoms with Crippen molar-refractivity contribution in [2.75, 3.05) is 5.73 Å². The molecular formula is C7H12N8. The van der Waals surface area contributed by atoms with E-state index in [2.05, 4.69) is 25.8 Å². The largest absolute Gasteiger partial charge is 0.381 e. The molecule has 80 valence electrons. The Bertz CT molecular complexity index is 441. The highest BCUT2D eigenvalue weighted by atomic mass is 15.6. The molecule has 2 rings (SSSR count). The summed E-state index contributed by atoms with van der Waals surface area (Å²) in [5, 5.41) is 18.9. The Labute approximate surface area is 86.1 Å². The number of hydrogen-bond acceptors (Lipinski definition) is 6. The molecule has 0 saturated heterocycles. The van der Waals surface area contributed by atoms with Crippen molar-refractivity contribution in [2.24, 2.45) is 0 Å². The third-order valence-electron chi connectivity index (χ3n) is 1.91. The standard InChI is InChI=1S/C7H12N8/c1-5(2)15-7(10-11-13-15)4-14-3-6(8)9-12-14/h3,5H,4,8H2,1-2H3. The van der Waals surface area contributed by atoms with Gasteiger partial charge in [0.1, 0.15) is 6.54 Å². The number of anilines is 1. The average molecular weight is 208 g/mol. The molecule has 0 aromatic carbocycles. The van der Waals surface area contributed by atoms with Crippen LogP contribution in [0.15, 0.2) is 6.20 Å². The van der Waals surface area contributed by atoms with Crippen molar-refractivity contribution in [1.82, 2.24) is 35.2 Å². The summed E-state index contributed by atoms with van der Waals surface area (Å²) >= 11 is 0. The Balaban J connectivity index is 2.20. The maximum Gasteiger partial charge on any atom is 0.173 e. The first kappa shape index (κ1) is 9.56. The molecule has 15 heavy (non-hydrogen) atoms. The van der Waals surface area contributed by atoms with Crippen LogP contribution in [-0.2, 0) is 6.54 Å². The Hall–Kier alpha value is -1.99. The third kappa shape index (κ3) is 1.92. The summed E-state index contributed by atoms with van der Waals surface area (Å²) in [4.78, 5) is 0. The summed E-state index contributed by atoms with van der Waals surface area (Å²) in [6, 6.07) is 0.218. The number of nitrogens with zero attached hydrogens (tertiary/aromatic N) is 7. The lowest BCUT2D eigenvalue weighted by molar-refractivity contribution is 0.477. The first-order chi connectivity index (χ1) is 7.16. The SMILES string of the molecule is CC(C)n1nnnc1Cn1cc(N)nn1. The summed E-state index contributed by atoms with van der Waals surface area (Å²) in [5.74, 6) is 1.12. The second-order valence-corrected chi connectivity index (χ2v) is 3.47. The Morgan fingerprint density at radius 3 is 2.73 bits per heavy atom. The molecule has 2 aromatic heterocycles. The van der Waals surface area contributed by atoms with Crippen LogP contribution in [0.3, 0.4) is 0 Å². The number of tetrazole rings is 1. The number of nitrogen functional groups attached to an aromatic ring is 1. The van der Waals surface area contributed by atoms with Gasteiger partial charge in [-0.05, 0) is 24.3 Å². The smallest absolute Gasteiger partial charge is 0.173 e. The van der Waals surface area contributed by atoms with Gasteiger partial charge < -0.3 is 5.73 Å². The van der Waals surface area contributed by atoms with E-state index in [4.69, 9.17) is 5.73 Å². The summed E-state index contributed by atoms with van der Waals surface area (Å²) in [6.07, 6.45) is 1.64. The van der Waals surface area contributed by atoms with Gasteiger partial charge in [0.05, 0.1) is 12.2 Å². The summed E-state index contributed by atoms with van der Waals surface area (Å²) in [5.41, 5.74) is 5.45. The van der Waals surface area contributed by atoms with Gasteiger partial charge in [-0.15, -0.1) is 10.2 Å². The van der Waals surface area contributed by atoms with Crippen molar-refractivity contribution in [1.29, 1.82) is 0 Å². The van der Waals surface area contributed by atoms with E-state index in [1.54, 1.807) is 15.6 Å². The fraction of sp³-hybridized carbons (Fsp3) is 0.571. The zero-order chi connectivity index (χ0) is 10.8. The lowest BCUT2D eigenvalue weighted by Gasteiger charge is -2.06. The van der Waals surface area contributed by atoms with Gasteiger partial charge >= 0.3 is 0 Å². The zero-order valence-corrected chi connectivity index (χ0v) is 8.57. The minimum Gasteiger partial charge on any atom is -0.381 e. The molecule has 2 aromatic rings. The Morgan fingerprint density at radius 1 is 1.33 bits per heavy atom. The minimum atomic E-state index is 0.218. The first-order valence-corrected chi connectivity index (χ1v) is 4.59. The summed E-state index contributed by atoms with van der Waals surface area (Å²) in [7, 11) is 0. The van der Waals surface area contributed by atoms with E-state index in [-0.39, 0.29) is 6.04 Å². The molecule has 0 radical (unpaired) electrons. The minimum absolute atomic E-state index is 0.218. The van der Waals surface area contributed by atoms with E-state index in [1.165, 1.54) is 0 Å². The van der Waals surface area contributed by atoms with Crippen LogP contribution in [0.4, 0.5) is 5.82 Å². The molecule has 0 amide bonds. The van der Waals surface area contributed by atoms with E-state index < -0.39 is 0 Å². The van der Waals surface area contributed by atoms with Crippen molar-refractivity contribution >= 4 is 5.82 Å². The third-order valence-corrected chi connectivity index (χ3v) is 1.91. The van der Waals surface area contributed by atoms with Crippen molar-refractivity contribution in [3.8, 4) is 0 Å². The molecule has 0 fully saturated rings. The van der Waals surface area contributed by atoms with Crippen molar-refractivity contribution in [3.63, 3.8) is 0 Å². The molecule has 0 aliphatic rings. The van der Waals surface area contributed by atoms with E-state index in [0.29, 0.717) is 12.4 Å². The number of nitrogens with two attached hydrogens (primary N) is 1. The Kier molecular flexibility index (Phi) is 2.32. The molecule has 2 N–H and O–H groups in total. The molecule has 0 atom stereocenters. The molecule has 0 aliphatic heterocycles. The zero-order valence-electron chi connectivity index (χ0n) is 8.57. The predicted molar refractivity (Wildman–Crippen MR) is 51.7 cm³/mol. The van der Waals surface area contributed by atoms with Gasteiger partial charge in [-0.1, -0.05) is 5.21 Å². The summed E-state index contributed by atoms with van der Waals surface area (Å²) in [6.45, 7) is 4.49. The molecule has 0 spiro atoms. The van der Waals surface area contributed by atoms with E-state index in [1.807, 2.05) is 13.8 Å². The molecule has 0 aliphatic carbocycles. The quantitative estimate of drug-likeness (QED) is 0.728. The predicted octanol–water partition coefficient (Wildman–Crippen LogP) is -0.524. The fourth-order valence-electron chi connectivity index (χ4n) is 1.25. The van der Waals surface area contributed by atoms with Gasteiger partial charge in [0.15, 0.2) is 11.6 Å². The molecule has 8 nitrogen and oxygen atoms in total. The average Bonchev–Trinajstić information content (AvgIpc) is 2.75. The maximum atomic E-state index is 5.45. The van der Waals surface area contributed by atoms with Crippen LogP contribution in [0.1, 0.15) is 25.7 Å². The fourth-order valence-corrected chi connectivity index (χ4v) is 1.25. The van der Waals surface area contributed by atoms with Gasteiger partial charge in [-0.2, -0.15) is 0 Å². The van der Waals surface area contributed by atoms with Gasteiger partial charge in [-0.25, -0.2) is 9.36 Å². The molecule has 0 saturated carbocycles. The number of rotatable bonds is 3. The van der Waals surface area contributed by atoms with Gasteiger partial charge in [-0.3, -0.25) is 0 Å². The van der Waals surface area contributed by atoms with E-state index >= 15 is 0 Å². The molecule has 0 unspecified atom stereocenters. The van der Waals surface area contributed by atoms with Crippen molar-refractivity contribution in [2.45, 2.75) is 26.4 Å². The van der Waals surface area contributed by atoms with Crippen LogP contribution < -0.4 is 5.73 Å². The lowest BCUT2D eigenvalue weighted by atomic mass is 10.4. The van der Waals surface area contributed by atoms with E-state index in [9.17, 15) is 0 Å². The van der Waals surface area contributed by atoms with Crippen LogP contribution in [-0.4, -0.2) is 35.2 Å². The first-order valence-electron chi connectivity index (χ1n) is 4.59. The Morgan fingerprint density at radius 2 is 2.13 bits per heavy atom. The van der Waals surface area contributed by atoms with Gasteiger partial charge in [0.25, 0.3) is 0 Å². The van der Waals surface area contributed by atoms with Crippen molar-refractivity contribution in [3.05, 3.63) is 12.0 Å². The number of hydrogen-bond donors (Lipinski definition) is 1.